The molecule has 2 aliphatic carbocycles. The Bertz CT molecular complexity index is 189. The first kappa shape index (κ1) is 11.4. The van der Waals surface area contributed by atoms with Crippen molar-refractivity contribution >= 4 is 0 Å². The van der Waals surface area contributed by atoms with Crippen molar-refractivity contribution in [2.24, 2.45) is 11.8 Å². The van der Waals surface area contributed by atoms with Gasteiger partial charge in [-0.25, -0.2) is 0 Å². The van der Waals surface area contributed by atoms with Crippen molar-refractivity contribution in [3.8, 4) is 0 Å². The van der Waals surface area contributed by atoms with Crippen LogP contribution in [0, 0.1) is 11.8 Å². The van der Waals surface area contributed by atoms with E-state index in [1.165, 1.54) is 38.5 Å². The van der Waals surface area contributed by atoms with E-state index in [4.69, 9.17) is 0 Å². The van der Waals surface area contributed by atoms with Crippen LogP contribution in [0.4, 0.5) is 0 Å². The highest BCUT2D eigenvalue weighted by Gasteiger charge is 2.27. The second-order valence-electron chi connectivity index (χ2n) is 5.50. The Morgan fingerprint density at radius 1 is 1.13 bits per heavy atom. The van der Waals surface area contributed by atoms with E-state index in [1.807, 2.05) is 0 Å². The van der Waals surface area contributed by atoms with Gasteiger partial charge in [-0.1, -0.05) is 19.3 Å². The molecule has 3 atom stereocenters. The van der Waals surface area contributed by atoms with Crippen molar-refractivity contribution in [1.29, 1.82) is 0 Å². The van der Waals surface area contributed by atoms with E-state index in [0.717, 1.165) is 18.9 Å². The lowest BCUT2D eigenvalue weighted by atomic mass is 9.98. The number of hydrogen-bond acceptors (Lipinski definition) is 2. The van der Waals surface area contributed by atoms with Crippen LogP contribution >= 0.6 is 0 Å². The van der Waals surface area contributed by atoms with Gasteiger partial charge in [-0.3, -0.25) is 0 Å². The lowest BCUT2D eigenvalue weighted by Gasteiger charge is -2.23. The Hall–Kier alpha value is -0.0800. The highest BCUT2D eigenvalue weighted by atomic mass is 16.3. The largest absolute Gasteiger partial charge is 0.393 e. The maximum atomic E-state index is 9.73. The summed E-state index contributed by atoms with van der Waals surface area (Å²) in [5.74, 6) is 1.41. The number of rotatable bonds is 4. The number of hydrogen-bond donors (Lipinski definition) is 2. The fraction of sp³-hybridized carbons (Fsp3) is 1.00. The zero-order valence-corrected chi connectivity index (χ0v) is 9.91. The molecule has 0 spiro atoms. The molecule has 2 rings (SSSR count). The molecule has 2 fully saturated rings. The van der Waals surface area contributed by atoms with Gasteiger partial charge in [0, 0.05) is 12.6 Å². The van der Waals surface area contributed by atoms with Gasteiger partial charge in [0.2, 0.25) is 0 Å². The Labute approximate surface area is 93.5 Å². The van der Waals surface area contributed by atoms with Crippen LogP contribution in [0.3, 0.4) is 0 Å². The van der Waals surface area contributed by atoms with Crippen molar-refractivity contribution in [3.63, 3.8) is 0 Å². The van der Waals surface area contributed by atoms with Crippen molar-refractivity contribution < 1.29 is 5.11 Å². The third-order valence-electron chi connectivity index (χ3n) is 4.43. The SMILES string of the molecule is CC(NCC1CCCC1O)C1CCCC1. The highest BCUT2D eigenvalue weighted by Crippen LogP contribution is 2.29. The molecule has 2 aliphatic rings. The standard InChI is InChI=1S/C13H25NO/c1-10(11-5-2-3-6-11)14-9-12-7-4-8-13(12)15/h10-15H,2-9H2,1H3. The summed E-state index contributed by atoms with van der Waals surface area (Å²) in [4.78, 5) is 0. The molecule has 0 amide bonds. The summed E-state index contributed by atoms with van der Waals surface area (Å²) in [6, 6.07) is 0.653. The molecule has 15 heavy (non-hydrogen) atoms. The summed E-state index contributed by atoms with van der Waals surface area (Å²) in [6.07, 6.45) is 9.06. The van der Waals surface area contributed by atoms with E-state index in [9.17, 15) is 5.11 Å². The molecule has 88 valence electrons. The first-order chi connectivity index (χ1) is 7.27. The summed E-state index contributed by atoms with van der Waals surface area (Å²) >= 11 is 0. The topological polar surface area (TPSA) is 32.3 Å². The quantitative estimate of drug-likeness (QED) is 0.748. The van der Waals surface area contributed by atoms with Gasteiger partial charge >= 0.3 is 0 Å². The van der Waals surface area contributed by atoms with Crippen LogP contribution in [0.25, 0.3) is 0 Å². The lowest BCUT2D eigenvalue weighted by Crippen LogP contribution is -2.37. The fourth-order valence-corrected chi connectivity index (χ4v) is 3.22. The maximum Gasteiger partial charge on any atom is 0.0580 e. The van der Waals surface area contributed by atoms with Crippen LogP contribution in [0.2, 0.25) is 0 Å². The van der Waals surface area contributed by atoms with Gasteiger partial charge in [-0.05, 0) is 44.4 Å². The Morgan fingerprint density at radius 2 is 1.87 bits per heavy atom. The van der Waals surface area contributed by atoms with Crippen LogP contribution in [0.5, 0.6) is 0 Å². The summed E-state index contributed by atoms with van der Waals surface area (Å²) in [5, 5.41) is 13.4. The molecule has 0 heterocycles. The van der Waals surface area contributed by atoms with Gasteiger partial charge in [0.05, 0.1) is 6.10 Å². The fourth-order valence-electron chi connectivity index (χ4n) is 3.22. The zero-order valence-electron chi connectivity index (χ0n) is 9.91. The maximum absolute atomic E-state index is 9.73. The van der Waals surface area contributed by atoms with Gasteiger partial charge in [-0.15, -0.1) is 0 Å². The molecular weight excluding hydrogens is 186 g/mol. The first-order valence-corrected chi connectivity index (χ1v) is 6.69. The van der Waals surface area contributed by atoms with E-state index in [-0.39, 0.29) is 6.10 Å². The highest BCUT2D eigenvalue weighted by molar-refractivity contribution is 4.82. The van der Waals surface area contributed by atoms with Crippen LogP contribution in [0.1, 0.15) is 51.9 Å². The second kappa shape index (κ2) is 5.31. The van der Waals surface area contributed by atoms with Crippen molar-refractivity contribution in [2.75, 3.05) is 6.54 Å². The number of aliphatic hydroxyl groups excluding tert-OH is 1. The second-order valence-corrected chi connectivity index (χ2v) is 5.50. The molecule has 0 saturated heterocycles. The summed E-state index contributed by atoms with van der Waals surface area (Å²) in [6.45, 7) is 3.34. The lowest BCUT2D eigenvalue weighted by molar-refractivity contribution is 0.128. The molecule has 0 aromatic heterocycles. The number of aliphatic hydroxyl groups is 1. The van der Waals surface area contributed by atoms with Crippen LogP contribution in [-0.4, -0.2) is 23.8 Å². The molecule has 0 aromatic rings. The third-order valence-corrected chi connectivity index (χ3v) is 4.43. The number of nitrogens with one attached hydrogen (secondary N) is 1. The van der Waals surface area contributed by atoms with E-state index in [2.05, 4.69) is 12.2 Å². The van der Waals surface area contributed by atoms with Gasteiger partial charge in [0.25, 0.3) is 0 Å². The molecular formula is C13H25NO. The monoisotopic (exact) mass is 211 g/mol. The molecule has 3 unspecified atom stereocenters. The normalized spacial score (nSPS) is 34.8. The minimum atomic E-state index is -0.0340. The van der Waals surface area contributed by atoms with Gasteiger partial charge in [-0.2, -0.15) is 0 Å². The van der Waals surface area contributed by atoms with Crippen LogP contribution in [-0.2, 0) is 0 Å². The Balaban J connectivity index is 1.67. The van der Waals surface area contributed by atoms with Crippen molar-refractivity contribution in [1.82, 2.24) is 5.32 Å². The van der Waals surface area contributed by atoms with Gasteiger partial charge in [0.15, 0.2) is 0 Å². The predicted octanol–water partition coefficient (Wildman–Crippen LogP) is 2.32. The molecule has 0 bridgehead atoms. The Morgan fingerprint density at radius 3 is 2.47 bits per heavy atom. The molecule has 2 heteroatoms. The van der Waals surface area contributed by atoms with E-state index in [0.29, 0.717) is 12.0 Å². The van der Waals surface area contributed by atoms with Crippen molar-refractivity contribution in [3.05, 3.63) is 0 Å². The minimum absolute atomic E-state index is 0.0340. The van der Waals surface area contributed by atoms with E-state index < -0.39 is 0 Å². The average Bonchev–Trinajstić information content (AvgIpc) is 2.85. The molecule has 2 N–H and O–H groups in total. The smallest absolute Gasteiger partial charge is 0.0580 e. The summed E-state index contributed by atoms with van der Waals surface area (Å²) < 4.78 is 0. The van der Waals surface area contributed by atoms with Crippen LogP contribution < -0.4 is 5.32 Å². The average molecular weight is 211 g/mol. The van der Waals surface area contributed by atoms with Gasteiger partial charge in [0.1, 0.15) is 0 Å². The summed E-state index contributed by atoms with van der Waals surface area (Å²) in [7, 11) is 0. The zero-order chi connectivity index (χ0) is 10.7. The van der Waals surface area contributed by atoms with E-state index in [1.54, 1.807) is 0 Å². The molecule has 0 aliphatic heterocycles. The Kier molecular flexibility index (Phi) is 4.04. The first-order valence-electron chi connectivity index (χ1n) is 6.69. The third kappa shape index (κ3) is 2.94. The van der Waals surface area contributed by atoms with Gasteiger partial charge < -0.3 is 10.4 Å². The molecule has 0 aromatic carbocycles. The predicted molar refractivity (Wildman–Crippen MR) is 62.8 cm³/mol. The molecule has 0 radical (unpaired) electrons. The minimum Gasteiger partial charge on any atom is -0.393 e. The molecule has 2 nitrogen and oxygen atoms in total. The van der Waals surface area contributed by atoms with E-state index >= 15 is 0 Å². The summed E-state index contributed by atoms with van der Waals surface area (Å²) in [5.41, 5.74) is 0. The van der Waals surface area contributed by atoms with Crippen molar-refractivity contribution in [2.45, 2.75) is 64.0 Å². The molecule has 2 saturated carbocycles. The van der Waals surface area contributed by atoms with Crippen LogP contribution in [0.15, 0.2) is 0 Å².